The molecule has 0 radical (unpaired) electrons. The Morgan fingerprint density at radius 1 is 1.36 bits per heavy atom. The molecule has 0 heterocycles. The normalized spacial score (nSPS) is 13.5. The van der Waals surface area contributed by atoms with Crippen LogP contribution in [0.1, 0.15) is 40.5 Å². The van der Waals surface area contributed by atoms with Gasteiger partial charge in [-0.1, -0.05) is 0 Å². The molecule has 0 aromatic heterocycles. The van der Waals surface area contributed by atoms with E-state index in [0.29, 0.717) is 12.8 Å². The summed E-state index contributed by atoms with van der Waals surface area (Å²) in [5.74, 6) is -0.414. The number of hydrogen-bond acceptors (Lipinski definition) is 4. The summed E-state index contributed by atoms with van der Waals surface area (Å²) in [4.78, 5) is 22.0. The largest absolute Gasteiger partial charge is 0.459 e. The first kappa shape index (κ1) is 13.1. The highest BCUT2D eigenvalue weighted by molar-refractivity contribution is 5.79. The average molecular weight is 201 g/mol. The standard InChI is InChI=1S/C10H19NO3/c1-7(12)5-6-8(11)9(13)14-10(2,3)4/h8H,5-6,11H2,1-4H3/t8-/m0/s1. The lowest BCUT2D eigenvalue weighted by atomic mass is 10.1. The number of rotatable bonds is 4. The topological polar surface area (TPSA) is 69.4 Å². The molecule has 0 aliphatic carbocycles. The van der Waals surface area contributed by atoms with Crippen LogP contribution in [0.15, 0.2) is 0 Å². The van der Waals surface area contributed by atoms with Crippen molar-refractivity contribution in [2.24, 2.45) is 5.73 Å². The highest BCUT2D eigenvalue weighted by Gasteiger charge is 2.21. The molecule has 0 aromatic rings. The molecular weight excluding hydrogens is 182 g/mol. The molecule has 0 saturated carbocycles. The van der Waals surface area contributed by atoms with E-state index in [2.05, 4.69) is 0 Å². The minimum Gasteiger partial charge on any atom is -0.459 e. The van der Waals surface area contributed by atoms with E-state index in [-0.39, 0.29) is 5.78 Å². The quantitative estimate of drug-likeness (QED) is 0.689. The van der Waals surface area contributed by atoms with Crippen molar-refractivity contribution in [1.29, 1.82) is 0 Å². The van der Waals surface area contributed by atoms with Crippen molar-refractivity contribution < 1.29 is 14.3 Å². The molecule has 82 valence electrons. The van der Waals surface area contributed by atoms with Gasteiger partial charge in [0.05, 0.1) is 0 Å². The number of esters is 1. The fraction of sp³-hybridized carbons (Fsp3) is 0.800. The molecule has 0 spiro atoms. The molecule has 0 amide bonds. The van der Waals surface area contributed by atoms with Gasteiger partial charge in [-0.15, -0.1) is 0 Å². The summed E-state index contributed by atoms with van der Waals surface area (Å²) >= 11 is 0. The number of Topliss-reactive ketones (excluding diaryl/α,β-unsaturated/α-hetero) is 1. The lowest BCUT2D eigenvalue weighted by Gasteiger charge is -2.21. The predicted octanol–water partition coefficient (Wildman–Crippen LogP) is 1.02. The third-order valence-corrected chi connectivity index (χ3v) is 1.52. The Bertz CT molecular complexity index is 218. The Balaban J connectivity index is 3.94. The smallest absolute Gasteiger partial charge is 0.323 e. The molecule has 0 unspecified atom stereocenters. The van der Waals surface area contributed by atoms with E-state index in [9.17, 15) is 9.59 Å². The molecule has 0 bridgehead atoms. The van der Waals surface area contributed by atoms with Gasteiger partial charge in [0.1, 0.15) is 17.4 Å². The van der Waals surface area contributed by atoms with Crippen LogP contribution in [0.5, 0.6) is 0 Å². The molecule has 0 saturated heterocycles. The summed E-state index contributed by atoms with van der Waals surface area (Å²) in [5, 5.41) is 0. The zero-order valence-electron chi connectivity index (χ0n) is 9.29. The Labute approximate surface area is 84.8 Å². The van der Waals surface area contributed by atoms with Crippen LogP contribution in [0, 0.1) is 0 Å². The van der Waals surface area contributed by atoms with Crippen molar-refractivity contribution in [2.75, 3.05) is 0 Å². The van der Waals surface area contributed by atoms with Gasteiger partial charge < -0.3 is 15.3 Å². The Morgan fingerprint density at radius 2 is 1.86 bits per heavy atom. The Morgan fingerprint density at radius 3 is 2.21 bits per heavy atom. The number of ether oxygens (including phenoxy) is 1. The Hall–Kier alpha value is -0.900. The molecule has 0 aromatic carbocycles. The van der Waals surface area contributed by atoms with Gasteiger partial charge in [0.2, 0.25) is 0 Å². The number of hydrogen-bond donors (Lipinski definition) is 1. The average Bonchev–Trinajstić information content (AvgIpc) is 1.96. The van der Waals surface area contributed by atoms with Crippen LogP contribution in [-0.4, -0.2) is 23.4 Å². The molecule has 0 aliphatic rings. The molecule has 0 aliphatic heterocycles. The first-order valence-corrected chi connectivity index (χ1v) is 4.70. The van der Waals surface area contributed by atoms with Crippen LogP contribution in [-0.2, 0) is 14.3 Å². The first-order chi connectivity index (χ1) is 6.22. The lowest BCUT2D eigenvalue weighted by molar-refractivity contribution is -0.156. The maximum Gasteiger partial charge on any atom is 0.323 e. The summed E-state index contributed by atoms with van der Waals surface area (Å²) in [6.07, 6.45) is 0.671. The van der Waals surface area contributed by atoms with Gasteiger partial charge in [-0.2, -0.15) is 0 Å². The maximum atomic E-state index is 11.3. The van der Waals surface area contributed by atoms with Crippen molar-refractivity contribution >= 4 is 11.8 Å². The lowest BCUT2D eigenvalue weighted by Crippen LogP contribution is -2.37. The summed E-state index contributed by atoms with van der Waals surface area (Å²) in [6, 6.07) is -0.696. The summed E-state index contributed by atoms with van der Waals surface area (Å²) < 4.78 is 5.06. The van der Waals surface area contributed by atoms with E-state index in [1.165, 1.54) is 6.92 Å². The van der Waals surface area contributed by atoms with Crippen molar-refractivity contribution in [1.82, 2.24) is 0 Å². The predicted molar refractivity (Wildman–Crippen MR) is 53.7 cm³/mol. The van der Waals surface area contributed by atoms with Crippen LogP contribution in [0.4, 0.5) is 0 Å². The number of carbonyl (C=O) groups excluding carboxylic acids is 2. The van der Waals surface area contributed by atoms with Gasteiger partial charge in [-0.3, -0.25) is 4.79 Å². The Kier molecular flexibility index (Phi) is 4.77. The van der Waals surface area contributed by atoms with Gasteiger partial charge in [0, 0.05) is 6.42 Å². The van der Waals surface area contributed by atoms with E-state index < -0.39 is 17.6 Å². The van der Waals surface area contributed by atoms with Crippen LogP contribution in [0.2, 0.25) is 0 Å². The highest BCUT2D eigenvalue weighted by Crippen LogP contribution is 2.09. The number of ketones is 1. The summed E-state index contributed by atoms with van der Waals surface area (Å²) in [6.45, 7) is 6.82. The fourth-order valence-electron chi connectivity index (χ4n) is 0.854. The molecule has 4 nitrogen and oxygen atoms in total. The molecular formula is C10H19NO3. The fourth-order valence-corrected chi connectivity index (χ4v) is 0.854. The van der Waals surface area contributed by atoms with Crippen LogP contribution < -0.4 is 5.73 Å². The summed E-state index contributed by atoms with van der Waals surface area (Å²) in [5.41, 5.74) is 5.02. The minimum absolute atomic E-state index is 0.0315. The zero-order chi connectivity index (χ0) is 11.4. The monoisotopic (exact) mass is 201 g/mol. The second-order valence-corrected chi connectivity index (χ2v) is 4.38. The van der Waals surface area contributed by atoms with Crippen LogP contribution in [0.25, 0.3) is 0 Å². The van der Waals surface area contributed by atoms with Crippen LogP contribution in [0.3, 0.4) is 0 Å². The van der Waals surface area contributed by atoms with E-state index in [1.807, 2.05) is 0 Å². The minimum atomic E-state index is -0.696. The van der Waals surface area contributed by atoms with Gasteiger partial charge in [0.15, 0.2) is 0 Å². The summed E-state index contributed by atoms with van der Waals surface area (Å²) in [7, 11) is 0. The second kappa shape index (κ2) is 5.10. The molecule has 14 heavy (non-hydrogen) atoms. The van der Waals surface area contributed by atoms with Crippen molar-refractivity contribution in [3.63, 3.8) is 0 Å². The van der Waals surface area contributed by atoms with Crippen LogP contribution >= 0.6 is 0 Å². The van der Waals surface area contributed by atoms with Gasteiger partial charge in [0.25, 0.3) is 0 Å². The van der Waals surface area contributed by atoms with Gasteiger partial charge >= 0.3 is 5.97 Å². The van der Waals surface area contributed by atoms with Crippen molar-refractivity contribution in [3.8, 4) is 0 Å². The molecule has 4 heteroatoms. The molecule has 0 fully saturated rings. The molecule has 1 atom stereocenters. The SMILES string of the molecule is CC(=O)CC[C@H](N)C(=O)OC(C)(C)C. The zero-order valence-corrected chi connectivity index (χ0v) is 9.29. The number of carbonyl (C=O) groups is 2. The third-order valence-electron chi connectivity index (χ3n) is 1.52. The second-order valence-electron chi connectivity index (χ2n) is 4.38. The third kappa shape index (κ3) is 6.60. The van der Waals surface area contributed by atoms with E-state index in [4.69, 9.17) is 10.5 Å². The van der Waals surface area contributed by atoms with E-state index in [0.717, 1.165) is 0 Å². The molecule has 2 N–H and O–H groups in total. The molecule has 0 rings (SSSR count). The van der Waals surface area contributed by atoms with Crippen molar-refractivity contribution in [2.45, 2.75) is 52.2 Å². The van der Waals surface area contributed by atoms with E-state index >= 15 is 0 Å². The van der Waals surface area contributed by atoms with Crippen molar-refractivity contribution in [3.05, 3.63) is 0 Å². The number of nitrogens with two attached hydrogens (primary N) is 1. The first-order valence-electron chi connectivity index (χ1n) is 4.70. The van der Waals surface area contributed by atoms with E-state index in [1.54, 1.807) is 20.8 Å². The maximum absolute atomic E-state index is 11.3. The van der Waals surface area contributed by atoms with Gasteiger partial charge in [-0.25, -0.2) is 0 Å². The highest BCUT2D eigenvalue weighted by atomic mass is 16.6. The van der Waals surface area contributed by atoms with Gasteiger partial charge in [-0.05, 0) is 34.1 Å².